The largest absolute Gasteiger partial charge is 0.462 e. The van der Waals surface area contributed by atoms with Crippen molar-refractivity contribution < 1.29 is 22.1 Å². The number of carbonyl (C=O) groups is 1. The van der Waals surface area contributed by atoms with Crippen LogP contribution in [0.1, 0.15) is 48.2 Å². The second-order valence-corrected chi connectivity index (χ2v) is 8.48. The molecular weight excluding hydrogens is 340 g/mol. The van der Waals surface area contributed by atoms with Gasteiger partial charge in [0.1, 0.15) is 0 Å². The molecule has 1 rings (SSSR count). The Hall–Kier alpha value is -1.11. The molecule has 0 aliphatic rings. The van der Waals surface area contributed by atoms with Crippen molar-refractivity contribution in [3.8, 4) is 0 Å². The number of carbonyl (C=O) groups excluding carboxylic acids is 1. The average Bonchev–Trinajstić information content (AvgIpc) is 2.41. The van der Waals surface area contributed by atoms with Gasteiger partial charge in [-0.1, -0.05) is 32.0 Å². The molecule has 0 bridgehead atoms. The topological polar surface area (TPSA) is 69.7 Å². The normalized spacial score (nSPS) is 12.2. The van der Waals surface area contributed by atoms with Crippen LogP contribution in [-0.4, -0.2) is 27.6 Å². The smallest absolute Gasteiger partial charge is 0.355 e. The molecule has 0 spiro atoms. The summed E-state index contributed by atoms with van der Waals surface area (Å²) < 4.78 is 31.5. The van der Waals surface area contributed by atoms with E-state index in [1.165, 1.54) is 0 Å². The number of hydrogen-bond acceptors (Lipinski definition) is 5. The van der Waals surface area contributed by atoms with Gasteiger partial charge in [-0.25, -0.2) is 4.79 Å². The van der Waals surface area contributed by atoms with Crippen molar-refractivity contribution >= 4 is 26.0 Å². The van der Waals surface area contributed by atoms with E-state index in [1.54, 1.807) is 0 Å². The van der Waals surface area contributed by atoms with Gasteiger partial charge in [0, 0.05) is 10.7 Å². The van der Waals surface area contributed by atoms with Gasteiger partial charge in [-0.05, 0) is 43.2 Å². The third kappa shape index (κ3) is 7.33. The lowest BCUT2D eigenvalue weighted by Gasteiger charge is -2.23. The first-order valence-electron chi connectivity index (χ1n) is 7.34. The third-order valence-electron chi connectivity index (χ3n) is 3.51. The number of benzene rings is 1. The highest BCUT2D eigenvalue weighted by atomic mass is 35.7. The monoisotopic (exact) mass is 362 g/mol. The summed E-state index contributed by atoms with van der Waals surface area (Å²) in [6.45, 7) is 7.73. The second-order valence-electron chi connectivity index (χ2n) is 6.33. The minimum Gasteiger partial charge on any atom is -0.462 e. The maximum Gasteiger partial charge on any atom is 0.355 e. The van der Waals surface area contributed by atoms with Gasteiger partial charge >= 0.3 is 15.3 Å². The predicted molar refractivity (Wildman–Crippen MR) is 89.9 cm³/mol. The summed E-state index contributed by atoms with van der Waals surface area (Å²) in [6.07, 6.45) is 1.24. The van der Waals surface area contributed by atoms with Crippen LogP contribution < -0.4 is 0 Å². The van der Waals surface area contributed by atoms with Crippen LogP contribution in [-0.2, 0) is 18.3 Å². The lowest BCUT2D eigenvalue weighted by Crippen LogP contribution is -2.21. The molecule has 0 N–H and O–H groups in total. The van der Waals surface area contributed by atoms with Crippen LogP contribution in [0.3, 0.4) is 0 Å². The first kappa shape index (κ1) is 19.9. The fourth-order valence-electron chi connectivity index (χ4n) is 2.23. The first-order valence-corrected chi connectivity index (χ1v) is 9.58. The minimum absolute atomic E-state index is 0.0102. The Morgan fingerprint density at radius 2 is 1.78 bits per heavy atom. The Morgan fingerprint density at radius 3 is 2.30 bits per heavy atom. The van der Waals surface area contributed by atoms with E-state index in [9.17, 15) is 13.2 Å². The highest BCUT2D eigenvalue weighted by molar-refractivity contribution is 8.09. The molecule has 0 amide bonds. The number of rotatable bonds is 8. The summed E-state index contributed by atoms with van der Waals surface area (Å²) in [5.74, 6) is -0.335. The second kappa shape index (κ2) is 8.13. The number of halogens is 1. The highest BCUT2D eigenvalue weighted by Crippen LogP contribution is 2.24. The summed E-state index contributed by atoms with van der Waals surface area (Å²) in [4.78, 5) is 12.1. The molecule has 0 heterocycles. The van der Waals surface area contributed by atoms with E-state index in [0.717, 1.165) is 11.1 Å². The maximum atomic E-state index is 12.1. The van der Waals surface area contributed by atoms with Crippen molar-refractivity contribution in [3.63, 3.8) is 0 Å². The van der Waals surface area contributed by atoms with E-state index in [-0.39, 0.29) is 24.6 Å². The molecular formula is C16H23ClO5S. The molecule has 7 heteroatoms. The number of aryl methyl sites for hydroxylation is 2. The van der Waals surface area contributed by atoms with Crippen molar-refractivity contribution in [2.24, 2.45) is 5.41 Å². The van der Waals surface area contributed by atoms with Crippen molar-refractivity contribution in [3.05, 3.63) is 34.9 Å². The van der Waals surface area contributed by atoms with Crippen LogP contribution in [0.2, 0.25) is 0 Å². The van der Waals surface area contributed by atoms with Gasteiger partial charge in [0.25, 0.3) is 0 Å². The fourth-order valence-corrected chi connectivity index (χ4v) is 2.82. The molecule has 0 unspecified atom stereocenters. The molecule has 0 saturated carbocycles. The number of ether oxygens (including phenoxy) is 1. The Labute approximate surface area is 142 Å². The van der Waals surface area contributed by atoms with Gasteiger partial charge in [-0.2, -0.15) is 8.42 Å². The van der Waals surface area contributed by atoms with Gasteiger partial charge in [-0.3, -0.25) is 4.18 Å². The van der Waals surface area contributed by atoms with E-state index < -0.39 is 9.33 Å². The Kier molecular flexibility index (Phi) is 7.04. The molecule has 1 aromatic carbocycles. The summed E-state index contributed by atoms with van der Waals surface area (Å²) in [5.41, 5.74) is 1.99. The van der Waals surface area contributed by atoms with Gasteiger partial charge < -0.3 is 4.74 Å². The molecule has 0 radical (unpaired) electrons. The van der Waals surface area contributed by atoms with Crippen LogP contribution in [0.5, 0.6) is 0 Å². The van der Waals surface area contributed by atoms with Crippen LogP contribution in [0.4, 0.5) is 0 Å². The predicted octanol–water partition coefficient (Wildman–Crippen LogP) is 3.77. The SMILES string of the molecule is Cc1cccc(C)c1C(=O)OCCCC(C)(C)COS(=O)(=O)Cl. The van der Waals surface area contributed by atoms with E-state index in [0.29, 0.717) is 18.4 Å². The van der Waals surface area contributed by atoms with Crippen LogP contribution in [0.15, 0.2) is 18.2 Å². The zero-order chi connectivity index (χ0) is 17.7. The van der Waals surface area contributed by atoms with Crippen LogP contribution in [0, 0.1) is 19.3 Å². The zero-order valence-corrected chi connectivity index (χ0v) is 15.5. The Morgan fingerprint density at radius 1 is 1.22 bits per heavy atom. The van der Waals surface area contributed by atoms with Gasteiger partial charge in [0.15, 0.2) is 0 Å². The molecule has 5 nitrogen and oxygen atoms in total. The number of hydrogen-bond donors (Lipinski definition) is 0. The fraction of sp³-hybridized carbons (Fsp3) is 0.562. The molecule has 0 aromatic heterocycles. The highest BCUT2D eigenvalue weighted by Gasteiger charge is 2.21. The standard InChI is InChI=1S/C16H23ClO5S/c1-12-7-5-8-13(2)14(12)15(18)21-10-6-9-16(3,4)11-22-23(17,19)20/h5,7-8H,6,9-11H2,1-4H3. The molecule has 130 valence electrons. The summed E-state index contributed by atoms with van der Waals surface area (Å²) >= 11 is 0. The Balaban J connectivity index is 2.44. The lowest BCUT2D eigenvalue weighted by molar-refractivity contribution is 0.0477. The summed E-state index contributed by atoms with van der Waals surface area (Å²) in [6, 6.07) is 5.64. The summed E-state index contributed by atoms with van der Waals surface area (Å²) in [5, 5.41) is 0. The van der Waals surface area contributed by atoms with Gasteiger partial charge in [0.05, 0.1) is 18.8 Å². The quantitative estimate of drug-likeness (QED) is 0.400. The molecule has 0 atom stereocenters. The first-order chi connectivity index (χ1) is 10.5. The average molecular weight is 363 g/mol. The zero-order valence-electron chi connectivity index (χ0n) is 13.9. The molecule has 0 saturated heterocycles. The van der Waals surface area contributed by atoms with Crippen LogP contribution in [0.25, 0.3) is 0 Å². The third-order valence-corrected chi connectivity index (χ3v) is 4.17. The van der Waals surface area contributed by atoms with Crippen LogP contribution >= 0.6 is 10.7 Å². The summed E-state index contributed by atoms with van der Waals surface area (Å²) in [7, 11) is 1.06. The molecule has 0 fully saturated rings. The minimum atomic E-state index is -3.96. The number of esters is 1. The maximum absolute atomic E-state index is 12.1. The van der Waals surface area contributed by atoms with Crippen molar-refractivity contribution in [2.75, 3.05) is 13.2 Å². The van der Waals surface area contributed by atoms with Gasteiger partial charge in [0.2, 0.25) is 0 Å². The molecule has 1 aromatic rings. The van der Waals surface area contributed by atoms with Gasteiger partial charge in [-0.15, -0.1) is 0 Å². The molecule has 0 aliphatic carbocycles. The van der Waals surface area contributed by atoms with E-state index >= 15 is 0 Å². The van der Waals surface area contributed by atoms with E-state index in [2.05, 4.69) is 4.18 Å². The van der Waals surface area contributed by atoms with Crippen molar-refractivity contribution in [1.29, 1.82) is 0 Å². The van der Waals surface area contributed by atoms with Crippen molar-refractivity contribution in [2.45, 2.75) is 40.5 Å². The van der Waals surface area contributed by atoms with Crippen molar-refractivity contribution in [1.82, 2.24) is 0 Å². The lowest BCUT2D eigenvalue weighted by atomic mass is 9.89. The Bertz CT molecular complexity index is 632. The van der Waals surface area contributed by atoms with E-state index in [1.807, 2.05) is 45.9 Å². The molecule has 23 heavy (non-hydrogen) atoms. The van der Waals surface area contributed by atoms with E-state index in [4.69, 9.17) is 15.4 Å². The molecule has 0 aliphatic heterocycles.